The molecular formula is C23H25FN4OS. The molecular weight excluding hydrogens is 399 g/mol. The second-order valence-electron chi connectivity index (χ2n) is 7.90. The van der Waals surface area contributed by atoms with Gasteiger partial charge in [0.2, 0.25) is 5.91 Å². The van der Waals surface area contributed by atoms with Crippen molar-refractivity contribution in [2.75, 3.05) is 5.75 Å². The van der Waals surface area contributed by atoms with Crippen LogP contribution < -0.4 is 0 Å². The Hall–Kier alpha value is -2.67. The number of nitrogens with zero attached hydrogens (tertiary/aromatic N) is 4. The summed E-state index contributed by atoms with van der Waals surface area (Å²) in [7, 11) is 0. The van der Waals surface area contributed by atoms with E-state index >= 15 is 0 Å². The molecule has 4 rings (SSSR count). The Morgan fingerprint density at radius 2 is 1.87 bits per heavy atom. The second-order valence-corrected chi connectivity index (χ2v) is 8.84. The number of carbonyl (C=O) groups is 1. The highest BCUT2D eigenvalue weighted by molar-refractivity contribution is 7.99. The largest absolute Gasteiger partial charge is 0.335 e. The van der Waals surface area contributed by atoms with E-state index in [9.17, 15) is 9.18 Å². The SMILES string of the molecule is CC(C)c1ccc(-n2cnnc2SCC(=O)N(Cc2ccc(F)cc2)C2CC2)cc1. The third kappa shape index (κ3) is 4.90. The Bertz CT molecular complexity index is 997. The van der Waals surface area contributed by atoms with Crippen LogP contribution in [0, 0.1) is 5.82 Å². The van der Waals surface area contributed by atoms with Crippen LogP contribution in [0.3, 0.4) is 0 Å². The van der Waals surface area contributed by atoms with Crippen molar-refractivity contribution in [3.8, 4) is 5.69 Å². The van der Waals surface area contributed by atoms with Crippen LogP contribution in [0.5, 0.6) is 0 Å². The summed E-state index contributed by atoms with van der Waals surface area (Å²) in [6.45, 7) is 4.84. The fourth-order valence-electron chi connectivity index (χ4n) is 3.32. The minimum atomic E-state index is -0.264. The normalized spacial score (nSPS) is 13.6. The monoisotopic (exact) mass is 424 g/mol. The van der Waals surface area contributed by atoms with Crippen molar-refractivity contribution in [2.24, 2.45) is 0 Å². The van der Waals surface area contributed by atoms with Crippen molar-refractivity contribution in [3.05, 3.63) is 71.8 Å². The maximum atomic E-state index is 13.2. The van der Waals surface area contributed by atoms with Gasteiger partial charge < -0.3 is 4.90 Å². The summed E-state index contributed by atoms with van der Waals surface area (Å²) in [6.07, 6.45) is 3.72. The number of hydrogen-bond acceptors (Lipinski definition) is 4. The molecule has 0 bridgehead atoms. The summed E-state index contributed by atoms with van der Waals surface area (Å²) in [5.41, 5.74) is 3.19. The molecule has 1 amide bonds. The Labute approximate surface area is 180 Å². The molecule has 0 spiro atoms. The molecule has 3 aromatic rings. The number of benzene rings is 2. The van der Waals surface area contributed by atoms with Gasteiger partial charge in [-0.25, -0.2) is 4.39 Å². The minimum Gasteiger partial charge on any atom is -0.335 e. The van der Waals surface area contributed by atoms with Gasteiger partial charge in [0, 0.05) is 18.3 Å². The van der Waals surface area contributed by atoms with Gasteiger partial charge in [0.05, 0.1) is 5.75 Å². The number of rotatable bonds is 8. The maximum absolute atomic E-state index is 13.2. The maximum Gasteiger partial charge on any atom is 0.233 e. The molecule has 0 atom stereocenters. The number of thioether (sulfide) groups is 1. The van der Waals surface area contributed by atoms with Gasteiger partial charge in [-0.1, -0.05) is 49.9 Å². The molecule has 7 heteroatoms. The summed E-state index contributed by atoms with van der Waals surface area (Å²) in [4.78, 5) is 14.8. The standard InChI is InChI=1S/C23H25FN4OS/c1-16(2)18-5-9-21(10-6-18)28-15-25-26-23(28)30-14-22(29)27(20-11-12-20)13-17-3-7-19(24)8-4-17/h3-10,15-16,20H,11-14H2,1-2H3. The van der Waals surface area contributed by atoms with Gasteiger partial charge in [-0.2, -0.15) is 0 Å². The lowest BCUT2D eigenvalue weighted by Gasteiger charge is -2.22. The molecule has 1 fully saturated rings. The Balaban J connectivity index is 1.42. The van der Waals surface area contributed by atoms with Crippen molar-refractivity contribution in [2.45, 2.75) is 50.4 Å². The summed E-state index contributed by atoms with van der Waals surface area (Å²) >= 11 is 1.39. The first-order valence-corrected chi connectivity index (χ1v) is 11.2. The summed E-state index contributed by atoms with van der Waals surface area (Å²) in [5, 5.41) is 8.93. The van der Waals surface area contributed by atoms with Crippen LogP contribution in [0.25, 0.3) is 5.69 Å². The number of carbonyl (C=O) groups excluding carboxylic acids is 1. The van der Waals surface area contributed by atoms with E-state index in [0.29, 0.717) is 23.4 Å². The predicted molar refractivity (Wildman–Crippen MR) is 116 cm³/mol. The van der Waals surface area contributed by atoms with Crippen molar-refractivity contribution in [1.82, 2.24) is 19.7 Å². The van der Waals surface area contributed by atoms with E-state index in [-0.39, 0.29) is 17.8 Å². The van der Waals surface area contributed by atoms with E-state index in [2.05, 4.69) is 48.3 Å². The zero-order valence-electron chi connectivity index (χ0n) is 17.2. The van der Waals surface area contributed by atoms with E-state index in [1.165, 1.54) is 29.5 Å². The molecule has 1 saturated carbocycles. The zero-order chi connectivity index (χ0) is 21.1. The Morgan fingerprint density at radius 1 is 1.17 bits per heavy atom. The number of halogens is 1. The van der Waals surface area contributed by atoms with Crippen molar-refractivity contribution >= 4 is 17.7 Å². The summed E-state index contributed by atoms with van der Waals surface area (Å²) in [5.74, 6) is 0.567. The third-order valence-corrected chi connectivity index (χ3v) is 6.18. The average molecular weight is 425 g/mol. The van der Waals surface area contributed by atoms with Gasteiger partial charge in [0.15, 0.2) is 5.16 Å². The smallest absolute Gasteiger partial charge is 0.233 e. The van der Waals surface area contributed by atoms with Gasteiger partial charge in [-0.3, -0.25) is 9.36 Å². The highest BCUT2D eigenvalue weighted by Crippen LogP contribution is 2.30. The molecule has 0 saturated heterocycles. The molecule has 1 aliphatic rings. The van der Waals surface area contributed by atoms with Crippen LogP contribution in [0.1, 0.15) is 43.7 Å². The quantitative estimate of drug-likeness (QED) is 0.487. The molecule has 0 unspecified atom stereocenters. The molecule has 1 aromatic heterocycles. The van der Waals surface area contributed by atoms with E-state index in [0.717, 1.165) is 24.1 Å². The molecule has 0 radical (unpaired) electrons. The molecule has 5 nitrogen and oxygen atoms in total. The van der Waals surface area contributed by atoms with Gasteiger partial charge >= 0.3 is 0 Å². The molecule has 1 aliphatic carbocycles. The van der Waals surface area contributed by atoms with Gasteiger partial charge in [-0.15, -0.1) is 10.2 Å². The first-order chi connectivity index (χ1) is 14.5. The van der Waals surface area contributed by atoms with Crippen molar-refractivity contribution in [3.63, 3.8) is 0 Å². The fraction of sp³-hybridized carbons (Fsp3) is 0.348. The lowest BCUT2D eigenvalue weighted by Crippen LogP contribution is -2.34. The molecule has 30 heavy (non-hydrogen) atoms. The number of aromatic nitrogens is 3. The second kappa shape index (κ2) is 9.00. The van der Waals surface area contributed by atoms with E-state index in [4.69, 9.17) is 0 Å². The number of hydrogen-bond donors (Lipinski definition) is 0. The van der Waals surface area contributed by atoms with E-state index in [1.807, 2.05) is 9.47 Å². The minimum absolute atomic E-state index is 0.0662. The van der Waals surface area contributed by atoms with Crippen LogP contribution >= 0.6 is 11.8 Å². The van der Waals surface area contributed by atoms with Crippen LogP contribution in [-0.4, -0.2) is 37.4 Å². The van der Waals surface area contributed by atoms with E-state index in [1.54, 1.807) is 18.5 Å². The predicted octanol–water partition coefficient (Wildman–Crippen LogP) is 4.81. The van der Waals surface area contributed by atoms with E-state index < -0.39 is 0 Å². The summed E-state index contributed by atoms with van der Waals surface area (Å²) in [6, 6.07) is 15.0. The number of amides is 1. The lowest BCUT2D eigenvalue weighted by atomic mass is 10.0. The fourth-order valence-corrected chi connectivity index (χ4v) is 4.14. The average Bonchev–Trinajstić information content (AvgIpc) is 3.48. The molecule has 0 N–H and O–H groups in total. The molecule has 156 valence electrons. The van der Waals surface area contributed by atoms with Gasteiger partial charge in [0.25, 0.3) is 0 Å². The van der Waals surface area contributed by atoms with Crippen LogP contribution in [0.4, 0.5) is 4.39 Å². The topological polar surface area (TPSA) is 51.0 Å². The Kier molecular flexibility index (Phi) is 6.18. The van der Waals surface area contributed by atoms with Crippen LogP contribution in [0.15, 0.2) is 60.0 Å². The Morgan fingerprint density at radius 3 is 2.50 bits per heavy atom. The third-order valence-electron chi connectivity index (χ3n) is 5.25. The van der Waals surface area contributed by atoms with Gasteiger partial charge in [0.1, 0.15) is 12.1 Å². The zero-order valence-corrected chi connectivity index (χ0v) is 18.0. The van der Waals surface area contributed by atoms with Gasteiger partial charge in [-0.05, 0) is 54.2 Å². The first-order valence-electron chi connectivity index (χ1n) is 10.2. The van der Waals surface area contributed by atoms with Crippen molar-refractivity contribution < 1.29 is 9.18 Å². The molecule has 0 aliphatic heterocycles. The van der Waals surface area contributed by atoms with Crippen LogP contribution in [-0.2, 0) is 11.3 Å². The lowest BCUT2D eigenvalue weighted by molar-refractivity contribution is -0.129. The highest BCUT2D eigenvalue weighted by Gasteiger charge is 2.32. The highest BCUT2D eigenvalue weighted by atomic mass is 32.2. The molecule has 2 aromatic carbocycles. The first kappa shape index (κ1) is 20.6. The molecule has 1 heterocycles. The van der Waals surface area contributed by atoms with Crippen molar-refractivity contribution in [1.29, 1.82) is 0 Å². The van der Waals surface area contributed by atoms with Crippen LogP contribution in [0.2, 0.25) is 0 Å². The summed E-state index contributed by atoms with van der Waals surface area (Å²) < 4.78 is 15.1.